The number of hydrogen-bond donors (Lipinski definition) is 1. The number of nitrogens with zero attached hydrogens (tertiary/aromatic N) is 1. The molecular weight excluding hydrogens is 100 g/mol. The van der Waals surface area contributed by atoms with Crippen molar-refractivity contribution >= 4 is 0 Å². The lowest BCUT2D eigenvalue weighted by molar-refractivity contribution is 0.329. The minimum atomic E-state index is 0.628. The Morgan fingerprint density at radius 1 is 1.75 bits per heavy atom. The van der Waals surface area contributed by atoms with Crippen LogP contribution in [0.4, 0.5) is 0 Å². The maximum atomic E-state index is 5.35. The fraction of sp³-hybridized carbons (Fsp3) is 0.667. The smallest absolute Gasteiger partial charge is 0.0458 e. The molecule has 2 N–H and O–H groups in total. The molecule has 0 heterocycles. The molecule has 0 rings (SSSR count). The summed E-state index contributed by atoms with van der Waals surface area (Å²) in [6.07, 6.45) is 1.86. The van der Waals surface area contributed by atoms with Crippen molar-refractivity contribution in [1.82, 2.24) is 4.90 Å². The molecular formula is C6H14N2. The molecule has 0 radical (unpaired) electrons. The average Bonchev–Trinajstić information content (AvgIpc) is 1.83. The van der Waals surface area contributed by atoms with E-state index in [1.165, 1.54) is 0 Å². The number of likely N-dealkylation sites (N-methyl/N-ethyl adjacent to an activating group) is 1. The molecule has 0 aliphatic carbocycles. The van der Waals surface area contributed by atoms with Gasteiger partial charge in [-0.25, -0.2) is 0 Å². The maximum Gasteiger partial charge on any atom is 0.0458 e. The number of hydrogen-bond acceptors (Lipinski definition) is 2. The molecule has 2 heteroatoms. The third-order valence-electron chi connectivity index (χ3n) is 1.09. The van der Waals surface area contributed by atoms with E-state index in [4.69, 9.17) is 5.73 Å². The van der Waals surface area contributed by atoms with E-state index < -0.39 is 0 Å². The van der Waals surface area contributed by atoms with E-state index in [2.05, 4.69) is 18.4 Å². The Bertz CT molecular complexity index is 57.5. The van der Waals surface area contributed by atoms with Gasteiger partial charge in [0.15, 0.2) is 0 Å². The summed E-state index contributed by atoms with van der Waals surface area (Å²) in [4.78, 5) is 2.09. The monoisotopic (exact) mass is 114 g/mol. The quantitative estimate of drug-likeness (QED) is 0.423. The molecule has 0 fully saturated rings. The third-order valence-corrected chi connectivity index (χ3v) is 1.09. The van der Waals surface area contributed by atoms with Crippen molar-refractivity contribution in [1.29, 1.82) is 0 Å². The van der Waals surface area contributed by atoms with Crippen LogP contribution in [0.15, 0.2) is 12.7 Å². The van der Waals surface area contributed by atoms with Gasteiger partial charge in [-0.2, -0.15) is 0 Å². The minimum Gasteiger partial charge on any atom is -0.318 e. The van der Waals surface area contributed by atoms with Crippen LogP contribution in [-0.2, 0) is 0 Å². The summed E-state index contributed by atoms with van der Waals surface area (Å²) in [5.41, 5.74) is 5.35. The summed E-state index contributed by atoms with van der Waals surface area (Å²) in [6, 6.07) is 0. The molecule has 8 heavy (non-hydrogen) atoms. The fourth-order valence-electron chi connectivity index (χ4n) is 0.515. The maximum absolute atomic E-state index is 5.35. The lowest BCUT2D eigenvalue weighted by atomic mass is 10.5. The largest absolute Gasteiger partial charge is 0.318 e. The molecule has 0 spiro atoms. The van der Waals surface area contributed by atoms with E-state index in [9.17, 15) is 0 Å². The van der Waals surface area contributed by atoms with Crippen LogP contribution in [0.3, 0.4) is 0 Å². The first-order chi connectivity index (χ1) is 3.85. The summed E-state index contributed by atoms with van der Waals surface area (Å²) in [6.45, 7) is 8.20. The third kappa shape index (κ3) is 2.77. The van der Waals surface area contributed by atoms with Crippen molar-refractivity contribution in [3.8, 4) is 0 Å². The zero-order chi connectivity index (χ0) is 6.41. The standard InChI is InChI=1S/C6H14N2/c1-3-5-8(4-2)6-7/h3H,1,4-7H2,2H3. The summed E-state index contributed by atoms with van der Waals surface area (Å²) >= 11 is 0. The van der Waals surface area contributed by atoms with Gasteiger partial charge in [-0.3, -0.25) is 4.90 Å². The lowest BCUT2D eigenvalue weighted by Gasteiger charge is -2.13. The lowest BCUT2D eigenvalue weighted by Crippen LogP contribution is -2.29. The van der Waals surface area contributed by atoms with Gasteiger partial charge in [0.05, 0.1) is 0 Å². The summed E-state index contributed by atoms with van der Waals surface area (Å²) in [7, 11) is 0. The molecule has 0 aromatic rings. The SMILES string of the molecule is C=CCN(CC)CN. The molecule has 0 atom stereocenters. The molecule has 0 aliphatic rings. The molecule has 0 aliphatic heterocycles. The van der Waals surface area contributed by atoms with Gasteiger partial charge in [0.25, 0.3) is 0 Å². The Morgan fingerprint density at radius 3 is 2.50 bits per heavy atom. The predicted molar refractivity (Wildman–Crippen MR) is 36.5 cm³/mol. The van der Waals surface area contributed by atoms with E-state index in [0.717, 1.165) is 13.1 Å². The summed E-state index contributed by atoms with van der Waals surface area (Å²) in [5, 5.41) is 0. The fourth-order valence-corrected chi connectivity index (χ4v) is 0.515. The van der Waals surface area contributed by atoms with Crippen LogP contribution < -0.4 is 5.73 Å². The Morgan fingerprint density at radius 2 is 2.38 bits per heavy atom. The summed E-state index contributed by atoms with van der Waals surface area (Å²) < 4.78 is 0. The van der Waals surface area contributed by atoms with E-state index in [1.807, 2.05) is 6.08 Å². The van der Waals surface area contributed by atoms with Crippen LogP contribution in [0.1, 0.15) is 6.92 Å². The normalized spacial score (nSPS) is 9.88. The van der Waals surface area contributed by atoms with Gasteiger partial charge in [-0.15, -0.1) is 6.58 Å². The molecule has 0 aromatic carbocycles. The van der Waals surface area contributed by atoms with Crippen molar-refractivity contribution in [3.63, 3.8) is 0 Å². The highest BCUT2D eigenvalue weighted by atomic mass is 15.2. The zero-order valence-corrected chi connectivity index (χ0v) is 5.43. The van der Waals surface area contributed by atoms with Crippen molar-refractivity contribution in [3.05, 3.63) is 12.7 Å². The van der Waals surface area contributed by atoms with Crippen LogP contribution >= 0.6 is 0 Å². The van der Waals surface area contributed by atoms with Crippen LogP contribution in [0.5, 0.6) is 0 Å². The molecule has 2 nitrogen and oxygen atoms in total. The highest BCUT2D eigenvalue weighted by Gasteiger charge is 1.91. The molecule has 0 bridgehead atoms. The molecule has 0 saturated heterocycles. The van der Waals surface area contributed by atoms with Gasteiger partial charge < -0.3 is 5.73 Å². The van der Waals surface area contributed by atoms with Crippen LogP contribution in [0.25, 0.3) is 0 Å². The van der Waals surface area contributed by atoms with Crippen LogP contribution in [-0.4, -0.2) is 24.7 Å². The van der Waals surface area contributed by atoms with Gasteiger partial charge in [0, 0.05) is 13.2 Å². The zero-order valence-electron chi connectivity index (χ0n) is 5.43. The molecule has 0 unspecified atom stereocenters. The van der Waals surface area contributed by atoms with E-state index in [1.54, 1.807) is 0 Å². The Labute approximate surface area is 51.0 Å². The summed E-state index contributed by atoms with van der Waals surface area (Å²) in [5.74, 6) is 0. The van der Waals surface area contributed by atoms with Gasteiger partial charge in [0.1, 0.15) is 0 Å². The molecule has 48 valence electrons. The number of nitrogens with two attached hydrogens (primary N) is 1. The van der Waals surface area contributed by atoms with E-state index in [-0.39, 0.29) is 0 Å². The average molecular weight is 114 g/mol. The van der Waals surface area contributed by atoms with Gasteiger partial charge >= 0.3 is 0 Å². The first-order valence-electron chi connectivity index (χ1n) is 2.88. The molecule has 0 saturated carbocycles. The second kappa shape index (κ2) is 4.81. The second-order valence-electron chi connectivity index (χ2n) is 1.64. The van der Waals surface area contributed by atoms with Crippen molar-refractivity contribution in [2.24, 2.45) is 5.73 Å². The van der Waals surface area contributed by atoms with Crippen molar-refractivity contribution in [2.75, 3.05) is 19.8 Å². The predicted octanol–water partition coefficient (Wildman–Crippen LogP) is 0.410. The van der Waals surface area contributed by atoms with Crippen molar-refractivity contribution < 1.29 is 0 Å². The van der Waals surface area contributed by atoms with Gasteiger partial charge in [-0.05, 0) is 6.54 Å². The van der Waals surface area contributed by atoms with E-state index >= 15 is 0 Å². The van der Waals surface area contributed by atoms with Crippen molar-refractivity contribution in [2.45, 2.75) is 6.92 Å². The number of rotatable bonds is 4. The highest BCUT2D eigenvalue weighted by Crippen LogP contribution is 1.80. The highest BCUT2D eigenvalue weighted by molar-refractivity contribution is 4.71. The molecule has 0 aromatic heterocycles. The first-order valence-corrected chi connectivity index (χ1v) is 2.88. The first kappa shape index (κ1) is 7.66. The van der Waals surface area contributed by atoms with Gasteiger partial charge in [0.2, 0.25) is 0 Å². The van der Waals surface area contributed by atoms with Crippen LogP contribution in [0.2, 0.25) is 0 Å². The Balaban J connectivity index is 3.20. The topological polar surface area (TPSA) is 29.3 Å². The Kier molecular flexibility index (Phi) is 4.61. The van der Waals surface area contributed by atoms with E-state index in [0.29, 0.717) is 6.67 Å². The minimum absolute atomic E-state index is 0.628. The Hall–Kier alpha value is -0.340. The second-order valence-corrected chi connectivity index (χ2v) is 1.64. The van der Waals surface area contributed by atoms with Crippen LogP contribution in [0, 0.1) is 0 Å². The van der Waals surface area contributed by atoms with Gasteiger partial charge in [-0.1, -0.05) is 13.0 Å². The molecule has 0 amide bonds.